The summed E-state index contributed by atoms with van der Waals surface area (Å²) >= 11 is 0. The molecule has 0 saturated carbocycles. The van der Waals surface area contributed by atoms with Gasteiger partial charge in [0.25, 0.3) is 5.91 Å². The van der Waals surface area contributed by atoms with Gasteiger partial charge in [0.1, 0.15) is 0 Å². The van der Waals surface area contributed by atoms with Crippen LogP contribution in [0.1, 0.15) is 21.5 Å². The number of nitrogens with two attached hydrogens (primary N) is 1. The molecule has 0 unspecified atom stereocenters. The van der Waals surface area contributed by atoms with Crippen molar-refractivity contribution in [1.29, 1.82) is 0 Å². The van der Waals surface area contributed by atoms with E-state index in [1.54, 1.807) is 18.2 Å². The molecule has 3 nitrogen and oxygen atoms in total. The molecule has 0 heterocycles. The number of amides is 1. The quantitative estimate of drug-likeness (QED) is 0.827. The number of nitrogen functional groups attached to an aromatic ring is 1. The van der Waals surface area contributed by atoms with E-state index in [2.05, 4.69) is 5.32 Å². The molecule has 2 aromatic carbocycles. The molecule has 0 aliphatic carbocycles. The molecular weight excluding hydrogens is 281 g/mol. The molecular formula is C15H13F3N2O. The van der Waals surface area contributed by atoms with Crippen LogP contribution in [0.4, 0.5) is 24.5 Å². The third-order valence-electron chi connectivity index (χ3n) is 3.01. The maximum Gasteiger partial charge on any atom is 0.416 e. The average Bonchev–Trinajstić information content (AvgIpc) is 2.42. The lowest BCUT2D eigenvalue weighted by atomic mass is 10.1. The van der Waals surface area contributed by atoms with Crippen LogP contribution in [0.5, 0.6) is 0 Å². The van der Waals surface area contributed by atoms with E-state index >= 15 is 0 Å². The van der Waals surface area contributed by atoms with Gasteiger partial charge < -0.3 is 11.1 Å². The van der Waals surface area contributed by atoms with Crippen molar-refractivity contribution in [2.75, 3.05) is 11.1 Å². The first-order valence-electron chi connectivity index (χ1n) is 6.12. The second kappa shape index (κ2) is 5.47. The fourth-order valence-electron chi connectivity index (χ4n) is 1.73. The van der Waals surface area contributed by atoms with E-state index in [0.29, 0.717) is 11.4 Å². The summed E-state index contributed by atoms with van der Waals surface area (Å²) in [5.41, 5.74) is 6.97. The van der Waals surface area contributed by atoms with Crippen LogP contribution >= 0.6 is 0 Å². The molecule has 3 N–H and O–H groups in total. The second-order valence-corrected chi connectivity index (χ2v) is 4.60. The van der Waals surface area contributed by atoms with Crippen molar-refractivity contribution >= 4 is 17.3 Å². The number of hydrogen-bond donors (Lipinski definition) is 2. The molecule has 6 heteroatoms. The molecule has 0 aliphatic rings. The monoisotopic (exact) mass is 294 g/mol. The Kier molecular flexibility index (Phi) is 3.88. The molecule has 0 atom stereocenters. The summed E-state index contributed by atoms with van der Waals surface area (Å²) in [6.45, 7) is 1.83. The van der Waals surface area contributed by atoms with E-state index in [-0.39, 0.29) is 5.56 Å². The zero-order valence-electron chi connectivity index (χ0n) is 11.2. The number of rotatable bonds is 2. The Labute approximate surface area is 119 Å². The van der Waals surface area contributed by atoms with Gasteiger partial charge in [-0.3, -0.25) is 4.79 Å². The highest BCUT2D eigenvalue weighted by atomic mass is 19.4. The van der Waals surface area contributed by atoms with Gasteiger partial charge in [-0.05, 0) is 48.9 Å². The number of anilines is 2. The van der Waals surface area contributed by atoms with Crippen LogP contribution in [0.15, 0.2) is 42.5 Å². The summed E-state index contributed by atoms with van der Waals surface area (Å²) in [6, 6.07) is 9.03. The number of carbonyl (C=O) groups excluding carboxylic acids is 1. The third-order valence-corrected chi connectivity index (χ3v) is 3.01. The van der Waals surface area contributed by atoms with Gasteiger partial charge in [0.05, 0.1) is 5.56 Å². The summed E-state index contributed by atoms with van der Waals surface area (Å²) < 4.78 is 37.3. The van der Waals surface area contributed by atoms with Gasteiger partial charge in [0.15, 0.2) is 0 Å². The first-order valence-corrected chi connectivity index (χ1v) is 6.12. The van der Waals surface area contributed by atoms with Crippen molar-refractivity contribution in [3.8, 4) is 0 Å². The van der Waals surface area contributed by atoms with E-state index < -0.39 is 17.6 Å². The normalized spacial score (nSPS) is 11.2. The number of alkyl halides is 3. The van der Waals surface area contributed by atoms with Crippen LogP contribution in [0.25, 0.3) is 0 Å². The lowest BCUT2D eigenvalue weighted by molar-refractivity contribution is -0.137. The Bertz CT molecular complexity index is 664. The highest BCUT2D eigenvalue weighted by Gasteiger charge is 2.30. The Balaban J connectivity index is 2.15. The van der Waals surface area contributed by atoms with Crippen LogP contribution < -0.4 is 11.1 Å². The van der Waals surface area contributed by atoms with Crippen molar-refractivity contribution in [3.05, 3.63) is 59.2 Å². The van der Waals surface area contributed by atoms with Crippen LogP contribution in [0, 0.1) is 6.92 Å². The van der Waals surface area contributed by atoms with Crippen molar-refractivity contribution in [2.45, 2.75) is 13.1 Å². The molecule has 2 rings (SSSR count). The van der Waals surface area contributed by atoms with Gasteiger partial charge in [-0.2, -0.15) is 13.2 Å². The SMILES string of the molecule is Cc1ccc(NC(=O)c2ccc(C(F)(F)F)cc2)cc1N. The molecule has 0 bridgehead atoms. The summed E-state index contributed by atoms with van der Waals surface area (Å²) in [7, 11) is 0. The van der Waals surface area contributed by atoms with Gasteiger partial charge in [-0.15, -0.1) is 0 Å². The Hall–Kier alpha value is -2.50. The molecule has 110 valence electrons. The van der Waals surface area contributed by atoms with Crippen molar-refractivity contribution in [1.82, 2.24) is 0 Å². The van der Waals surface area contributed by atoms with Gasteiger partial charge in [-0.25, -0.2) is 0 Å². The third kappa shape index (κ3) is 3.53. The summed E-state index contributed by atoms with van der Waals surface area (Å²) in [4.78, 5) is 11.9. The van der Waals surface area contributed by atoms with E-state index in [0.717, 1.165) is 29.8 Å². The van der Waals surface area contributed by atoms with Gasteiger partial charge in [-0.1, -0.05) is 6.07 Å². The average molecular weight is 294 g/mol. The number of carbonyl (C=O) groups is 1. The summed E-state index contributed by atoms with van der Waals surface area (Å²) in [6.07, 6.45) is -4.42. The number of nitrogens with one attached hydrogen (secondary N) is 1. The minimum atomic E-state index is -4.42. The molecule has 0 aliphatic heterocycles. The number of hydrogen-bond acceptors (Lipinski definition) is 2. The highest BCUT2D eigenvalue weighted by Crippen LogP contribution is 2.29. The first kappa shape index (κ1) is 14.9. The van der Waals surface area contributed by atoms with Crippen LogP contribution in [-0.4, -0.2) is 5.91 Å². The molecule has 2 aromatic rings. The lowest BCUT2D eigenvalue weighted by Gasteiger charge is -2.09. The number of halogens is 3. The molecule has 1 amide bonds. The molecule has 0 fully saturated rings. The van der Waals surface area contributed by atoms with Crippen LogP contribution in [-0.2, 0) is 6.18 Å². The highest BCUT2D eigenvalue weighted by molar-refractivity contribution is 6.04. The maximum atomic E-state index is 12.4. The van der Waals surface area contributed by atoms with Crippen molar-refractivity contribution in [3.63, 3.8) is 0 Å². The minimum absolute atomic E-state index is 0.141. The van der Waals surface area contributed by atoms with Gasteiger partial charge in [0.2, 0.25) is 0 Å². The fraction of sp³-hybridized carbons (Fsp3) is 0.133. The molecule has 21 heavy (non-hydrogen) atoms. The lowest BCUT2D eigenvalue weighted by Crippen LogP contribution is -2.13. The molecule has 0 aromatic heterocycles. The molecule has 0 spiro atoms. The van der Waals surface area contributed by atoms with Crippen LogP contribution in [0.3, 0.4) is 0 Å². The zero-order valence-corrected chi connectivity index (χ0v) is 11.2. The van der Waals surface area contributed by atoms with E-state index in [9.17, 15) is 18.0 Å². The van der Waals surface area contributed by atoms with E-state index in [1.165, 1.54) is 0 Å². The Morgan fingerprint density at radius 2 is 1.71 bits per heavy atom. The van der Waals surface area contributed by atoms with E-state index in [4.69, 9.17) is 5.73 Å². The fourth-order valence-corrected chi connectivity index (χ4v) is 1.73. The van der Waals surface area contributed by atoms with E-state index in [1.807, 2.05) is 6.92 Å². The van der Waals surface area contributed by atoms with Gasteiger partial charge in [0, 0.05) is 16.9 Å². The van der Waals surface area contributed by atoms with Gasteiger partial charge >= 0.3 is 6.18 Å². The molecule has 0 radical (unpaired) electrons. The Morgan fingerprint density at radius 1 is 1.10 bits per heavy atom. The largest absolute Gasteiger partial charge is 0.416 e. The van der Waals surface area contributed by atoms with Crippen molar-refractivity contribution in [2.24, 2.45) is 0 Å². The topological polar surface area (TPSA) is 55.1 Å². The van der Waals surface area contributed by atoms with Crippen molar-refractivity contribution < 1.29 is 18.0 Å². The zero-order chi connectivity index (χ0) is 15.6. The van der Waals surface area contributed by atoms with Crippen LogP contribution in [0.2, 0.25) is 0 Å². The summed E-state index contributed by atoms with van der Waals surface area (Å²) in [5, 5.41) is 2.58. The number of benzene rings is 2. The standard InChI is InChI=1S/C15H13F3N2O/c1-9-2-7-12(8-13(9)19)20-14(21)10-3-5-11(6-4-10)15(16,17)18/h2-8H,19H2,1H3,(H,20,21). The maximum absolute atomic E-state index is 12.4. The minimum Gasteiger partial charge on any atom is -0.398 e. The summed E-state index contributed by atoms with van der Waals surface area (Å²) in [5.74, 6) is -0.494. The Morgan fingerprint density at radius 3 is 2.24 bits per heavy atom. The molecule has 0 saturated heterocycles. The smallest absolute Gasteiger partial charge is 0.398 e. The first-order chi connectivity index (χ1) is 9.77. The predicted octanol–water partition coefficient (Wildman–Crippen LogP) is 3.85. The predicted molar refractivity (Wildman–Crippen MR) is 75.0 cm³/mol. The number of aryl methyl sites for hydroxylation is 1. The second-order valence-electron chi connectivity index (χ2n) is 4.60.